The number of rotatable bonds is 1. The summed E-state index contributed by atoms with van der Waals surface area (Å²) in [5.74, 6) is -0.441. The average Bonchev–Trinajstić information content (AvgIpc) is 2.51. The van der Waals surface area contributed by atoms with Crippen molar-refractivity contribution in [1.82, 2.24) is 18.7 Å². The summed E-state index contributed by atoms with van der Waals surface area (Å²) in [6.45, 7) is 0. The highest BCUT2D eigenvalue weighted by molar-refractivity contribution is 5.72. The molecule has 7 nitrogen and oxygen atoms in total. The molecule has 112 valence electrons. The number of aryl methyl sites for hydroxylation is 1. The van der Waals surface area contributed by atoms with Crippen molar-refractivity contribution in [1.29, 1.82) is 0 Å². The van der Waals surface area contributed by atoms with Gasteiger partial charge in [0.05, 0.1) is 5.69 Å². The van der Waals surface area contributed by atoms with Gasteiger partial charge in [-0.1, -0.05) is 0 Å². The van der Waals surface area contributed by atoms with E-state index in [1.165, 1.54) is 44.7 Å². The Bertz CT molecular complexity index is 1060. The van der Waals surface area contributed by atoms with Crippen LogP contribution in [0.2, 0.25) is 0 Å². The molecule has 0 aliphatic rings. The summed E-state index contributed by atoms with van der Waals surface area (Å²) in [7, 11) is 2.72. The molecule has 22 heavy (non-hydrogen) atoms. The molecule has 0 unspecified atom stereocenters. The number of aromatic nitrogens is 4. The largest absolute Gasteiger partial charge is 0.332 e. The van der Waals surface area contributed by atoms with Gasteiger partial charge in [-0.25, -0.2) is 14.2 Å². The van der Waals surface area contributed by atoms with Crippen molar-refractivity contribution in [2.75, 3.05) is 0 Å². The first kappa shape index (κ1) is 13.9. The van der Waals surface area contributed by atoms with Gasteiger partial charge in [0.2, 0.25) is 0 Å². The molecule has 1 aromatic carbocycles. The zero-order valence-electron chi connectivity index (χ0n) is 11.8. The van der Waals surface area contributed by atoms with Crippen LogP contribution in [0.25, 0.3) is 16.7 Å². The van der Waals surface area contributed by atoms with Crippen molar-refractivity contribution in [2.24, 2.45) is 14.1 Å². The lowest BCUT2D eigenvalue weighted by molar-refractivity contribution is 0.627. The van der Waals surface area contributed by atoms with Crippen LogP contribution in [0.15, 0.2) is 45.0 Å². The van der Waals surface area contributed by atoms with Gasteiger partial charge < -0.3 is 0 Å². The summed E-state index contributed by atoms with van der Waals surface area (Å²) < 4.78 is 16.1. The third-order valence-corrected chi connectivity index (χ3v) is 3.47. The van der Waals surface area contributed by atoms with Crippen LogP contribution < -0.4 is 16.8 Å². The van der Waals surface area contributed by atoms with Crippen LogP contribution in [0.3, 0.4) is 0 Å². The molecular weight excluding hydrogens is 291 g/mol. The van der Waals surface area contributed by atoms with Crippen LogP contribution in [0.4, 0.5) is 4.39 Å². The average molecular weight is 302 g/mol. The Morgan fingerprint density at radius 3 is 2.23 bits per heavy atom. The van der Waals surface area contributed by atoms with Crippen molar-refractivity contribution in [3.63, 3.8) is 0 Å². The van der Waals surface area contributed by atoms with Crippen LogP contribution in [0, 0.1) is 5.82 Å². The number of nitrogens with zero attached hydrogens (tertiary/aromatic N) is 4. The molecule has 0 atom stereocenters. The van der Waals surface area contributed by atoms with Crippen molar-refractivity contribution in [3.05, 3.63) is 67.6 Å². The smallest absolute Gasteiger partial charge is 0.280 e. The van der Waals surface area contributed by atoms with Gasteiger partial charge in [0.25, 0.3) is 11.1 Å². The minimum Gasteiger partial charge on any atom is -0.280 e. The first-order valence-electron chi connectivity index (χ1n) is 6.35. The second-order valence-corrected chi connectivity index (χ2v) is 4.80. The van der Waals surface area contributed by atoms with E-state index in [1.807, 2.05) is 0 Å². The van der Waals surface area contributed by atoms with E-state index in [0.717, 1.165) is 13.7 Å². The topological polar surface area (TPSA) is 78.9 Å². The van der Waals surface area contributed by atoms with Gasteiger partial charge in [0, 0.05) is 14.1 Å². The quantitative estimate of drug-likeness (QED) is 0.630. The summed E-state index contributed by atoms with van der Waals surface area (Å²) in [4.78, 5) is 40.6. The van der Waals surface area contributed by atoms with Gasteiger partial charge >= 0.3 is 5.69 Å². The summed E-state index contributed by atoms with van der Waals surface area (Å²) in [6, 6.07) is 5.20. The van der Waals surface area contributed by atoms with E-state index < -0.39 is 22.6 Å². The molecule has 0 bridgehead atoms. The molecule has 2 aromatic heterocycles. The van der Waals surface area contributed by atoms with Gasteiger partial charge in [-0.2, -0.15) is 0 Å². The molecule has 8 heteroatoms. The Morgan fingerprint density at radius 2 is 1.59 bits per heavy atom. The zero-order chi connectivity index (χ0) is 16.0. The SMILES string of the molecule is Cn1c(=O)c2c(=O)n(-c3ccc(F)cc3)cnc2n(C)c1=O. The summed E-state index contributed by atoms with van der Waals surface area (Å²) in [5.41, 5.74) is -1.52. The fraction of sp³-hybridized carbons (Fsp3) is 0.143. The summed E-state index contributed by atoms with van der Waals surface area (Å²) in [6.07, 6.45) is 1.21. The molecule has 2 heterocycles. The third-order valence-electron chi connectivity index (χ3n) is 3.47. The molecule has 3 aromatic rings. The van der Waals surface area contributed by atoms with Gasteiger partial charge in [0.15, 0.2) is 5.65 Å². The minimum atomic E-state index is -0.716. The first-order chi connectivity index (χ1) is 10.4. The predicted octanol–water partition coefficient (Wildman–Crippen LogP) is -0.0778. The van der Waals surface area contributed by atoms with E-state index >= 15 is 0 Å². The third kappa shape index (κ3) is 1.88. The molecule has 0 spiro atoms. The van der Waals surface area contributed by atoms with Crippen LogP contribution in [-0.4, -0.2) is 18.7 Å². The Kier molecular flexibility index (Phi) is 3.01. The molecule has 0 aliphatic carbocycles. The number of hydrogen-bond acceptors (Lipinski definition) is 4. The summed E-state index contributed by atoms with van der Waals surface area (Å²) in [5, 5.41) is -0.198. The second-order valence-electron chi connectivity index (χ2n) is 4.80. The van der Waals surface area contributed by atoms with E-state index in [4.69, 9.17) is 0 Å². The maximum atomic E-state index is 13.0. The van der Waals surface area contributed by atoms with Crippen molar-refractivity contribution in [2.45, 2.75) is 0 Å². The van der Waals surface area contributed by atoms with E-state index in [-0.39, 0.29) is 11.0 Å². The summed E-state index contributed by atoms with van der Waals surface area (Å²) >= 11 is 0. The van der Waals surface area contributed by atoms with E-state index in [9.17, 15) is 18.8 Å². The lowest BCUT2D eigenvalue weighted by atomic mass is 10.3. The van der Waals surface area contributed by atoms with Crippen LogP contribution >= 0.6 is 0 Å². The fourth-order valence-electron chi connectivity index (χ4n) is 2.24. The number of halogens is 1. The van der Waals surface area contributed by atoms with Crippen molar-refractivity contribution < 1.29 is 4.39 Å². The Balaban J connectivity index is 2.45. The lowest BCUT2D eigenvalue weighted by Crippen LogP contribution is -2.40. The highest BCUT2D eigenvalue weighted by Crippen LogP contribution is 2.07. The first-order valence-corrected chi connectivity index (χ1v) is 6.35. The van der Waals surface area contributed by atoms with Crippen molar-refractivity contribution >= 4 is 11.0 Å². The molecule has 3 rings (SSSR count). The van der Waals surface area contributed by atoms with E-state index in [2.05, 4.69) is 4.98 Å². The zero-order valence-corrected chi connectivity index (χ0v) is 11.8. The van der Waals surface area contributed by atoms with Crippen LogP contribution in [0.1, 0.15) is 0 Å². The monoisotopic (exact) mass is 302 g/mol. The molecule has 0 fully saturated rings. The molecule has 0 aliphatic heterocycles. The van der Waals surface area contributed by atoms with Crippen molar-refractivity contribution in [3.8, 4) is 5.69 Å². The normalized spacial score (nSPS) is 11.0. The molecule has 0 N–H and O–H groups in total. The standard InChI is InChI=1S/C14H11FN4O3/c1-17-11-10(12(20)18(2)14(17)22)13(21)19(7-16-11)9-5-3-8(15)4-6-9/h3-7H,1-2H3. The fourth-order valence-corrected chi connectivity index (χ4v) is 2.24. The highest BCUT2D eigenvalue weighted by Gasteiger charge is 2.15. The van der Waals surface area contributed by atoms with Gasteiger partial charge in [-0.05, 0) is 24.3 Å². The number of fused-ring (bicyclic) bond motifs is 1. The van der Waals surface area contributed by atoms with E-state index in [0.29, 0.717) is 5.69 Å². The van der Waals surface area contributed by atoms with Gasteiger partial charge in [0.1, 0.15) is 17.5 Å². The molecule has 0 amide bonds. The second kappa shape index (κ2) is 4.76. The van der Waals surface area contributed by atoms with Gasteiger partial charge in [-0.15, -0.1) is 0 Å². The Hall–Kier alpha value is -3.03. The maximum Gasteiger partial charge on any atom is 0.332 e. The molecule has 0 saturated carbocycles. The molecule has 0 saturated heterocycles. The predicted molar refractivity (Wildman–Crippen MR) is 77.8 cm³/mol. The maximum absolute atomic E-state index is 13.0. The molecule has 0 radical (unpaired) electrons. The van der Waals surface area contributed by atoms with Crippen LogP contribution in [0.5, 0.6) is 0 Å². The van der Waals surface area contributed by atoms with E-state index in [1.54, 1.807) is 0 Å². The Labute approximate surface area is 122 Å². The minimum absolute atomic E-state index is 0.0106. The number of hydrogen-bond donors (Lipinski definition) is 0. The Morgan fingerprint density at radius 1 is 0.955 bits per heavy atom. The number of benzene rings is 1. The molecular formula is C14H11FN4O3. The lowest BCUT2D eigenvalue weighted by Gasteiger charge is -2.09. The van der Waals surface area contributed by atoms with Crippen LogP contribution in [-0.2, 0) is 14.1 Å². The highest BCUT2D eigenvalue weighted by atomic mass is 19.1. The van der Waals surface area contributed by atoms with Gasteiger partial charge in [-0.3, -0.25) is 23.3 Å².